The number of hydrogen-bond acceptors (Lipinski definition) is 0. The summed E-state index contributed by atoms with van der Waals surface area (Å²) in [5.41, 5.74) is 14.0. The number of hydrogen-bond donors (Lipinski definition) is 0. The molecule has 6 rings (SSSR count). The Hall–Kier alpha value is -2.44. The first-order valence-electron chi connectivity index (χ1n) is 14.2. The van der Waals surface area contributed by atoms with Crippen LogP contribution in [0.3, 0.4) is 0 Å². The van der Waals surface area contributed by atoms with Crippen LogP contribution < -0.4 is 24.8 Å². The van der Waals surface area contributed by atoms with Crippen molar-refractivity contribution in [3.63, 3.8) is 0 Å². The van der Waals surface area contributed by atoms with Gasteiger partial charge in [0.05, 0.1) is 0 Å². The molecule has 0 nitrogen and oxygen atoms in total. The van der Waals surface area contributed by atoms with E-state index in [1.165, 1.54) is 83.1 Å². The van der Waals surface area contributed by atoms with Gasteiger partial charge in [0, 0.05) is 0 Å². The third-order valence-electron chi connectivity index (χ3n) is 7.39. The second-order valence-corrected chi connectivity index (χ2v) is 12.8. The molecular weight excluding hydrogens is 631 g/mol. The van der Waals surface area contributed by atoms with Gasteiger partial charge in [-0.3, -0.25) is 0 Å². The van der Waals surface area contributed by atoms with Gasteiger partial charge < -0.3 is 24.8 Å². The summed E-state index contributed by atoms with van der Waals surface area (Å²) in [4.78, 5) is 0. The molecule has 5 aromatic carbocycles. The van der Waals surface area contributed by atoms with Crippen LogP contribution in [-0.4, -0.2) is 3.21 Å². The van der Waals surface area contributed by atoms with Crippen LogP contribution >= 0.6 is 0 Å². The maximum absolute atomic E-state index is 3.30. The van der Waals surface area contributed by atoms with Gasteiger partial charge in [-0.25, -0.2) is 6.07 Å². The number of benzene rings is 4. The summed E-state index contributed by atoms with van der Waals surface area (Å²) in [5.74, 6) is 0. The van der Waals surface area contributed by atoms with Gasteiger partial charge in [0.1, 0.15) is 0 Å². The second-order valence-electron chi connectivity index (χ2n) is 11.6. The molecule has 42 heavy (non-hydrogen) atoms. The standard InChI is InChI=1S/C15H14.C13H9.C11H17.2ClH.Zr/c1-12-3-7-14(8-4-12)11-15-9-5-13(2)6-10-15;1-3-7-12-10(5-1)9-11-6-2-4-8-13(11)12;1-5-9-6-7-10(8-9)11(2,3)4;;;/h3-10H,1-2H3;1-5,7-8H,9H2;6-8H,5H2,1-4H3;2*1H;/q;2*-1;;;+2/p-2. The fourth-order valence-electron chi connectivity index (χ4n) is 4.78. The van der Waals surface area contributed by atoms with Crippen molar-refractivity contribution in [3.05, 3.63) is 160 Å². The van der Waals surface area contributed by atoms with E-state index in [2.05, 4.69) is 151 Å². The van der Waals surface area contributed by atoms with Crippen LogP contribution in [0.5, 0.6) is 0 Å². The average molecular weight is 671 g/mol. The summed E-state index contributed by atoms with van der Waals surface area (Å²) < 4.78 is 1.42. The van der Waals surface area contributed by atoms with Gasteiger partial charge in [0.2, 0.25) is 0 Å². The van der Waals surface area contributed by atoms with Crippen LogP contribution in [0.1, 0.15) is 72.2 Å². The third-order valence-corrected chi connectivity index (χ3v) is 8.81. The molecule has 0 atom stereocenters. The van der Waals surface area contributed by atoms with Crippen molar-refractivity contribution in [1.29, 1.82) is 0 Å². The van der Waals surface area contributed by atoms with Gasteiger partial charge in [-0.1, -0.05) is 74.9 Å². The van der Waals surface area contributed by atoms with Crippen molar-refractivity contribution in [2.24, 2.45) is 0 Å². The summed E-state index contributed by atoms with van der Waals surface area (Å²) in [6.45, 7) is 13.2. The number of aryl methyl sites for hydroxylation is 3. The first-order valence-corrected chi connectivity index (χ1v) is 15.4. The topological polar surface area (TPSA) is 0 Å². The predicted octanol–water partition coefficient (Wildman–Crippen LogP) is 3.75. The molecule has 0 radical (unpaired) electrons. The van der Waals surface area contributed by atoms with Crippen molar-refractivity contribution in [1.82, 2.24) is 0 Å². The molecular formula is C39H40Cl2Zr-2. The van der Waals surface area contributed by atoms with Crippen molar-refractivity contribution in [3.8, 4) is 11.1 Å². The van der Waals surface area contributed by atoms with Crippen LogP contribution in [0.15, 0.2) is 109 Å². The van der Waals surface area contributed by atoms with Crippen molar-refractivity contribution >= 4 is 3.21 Å². The SMILES string of the molecule is CCc1cc(C(C)(C)C)c[cH-]1.Cc1ccc([C](=[Zr+2])c2ccc(C)cc2)cc1.[Cl-].[Cl-].[c-]1cccc2c1Cc1ccccc1-2. The molecule has 0 spiro atoms. The second kappa shape index (κ2) is 16.4. The number of halogens is 2. The Bertz CT molecular complexity index is 1460. The molecule has 0 saturated carbocycles. The molecule has 216 valence electrons. The minimum Gasteiger partial charge on any atom is -1.00 e. The Labute approximate surface area is 281 Å². The van der Waals surface area contributed by atoms with E-state index in [4.69, 9.17) is 0 Å². The van der Waals surface area contributed by atoms with Crippen molar-refractivity contribution in [2.75, 3.05) is 0 Å². The van der Waals surface area contributed by atoms with E-state index in [-0.39, 0.29) is 24.8 Å². The predicted molar refractivity (Wildman–Crippen MR) is 169 cm³/mol. The zero-order valence-electron chi connectivity index (χ0n) is 25.6. The zero-order chi connectivity index (χ0) is 28.7. The Balaban J connectivity index is 0.000000219. The maximum atomic E-state index is 3.30. The molecule has 0 amide bonds. The molecule has 0 aliphatic heterocycles. The van der Waals surface area contributed by atoms with E-state index in [1.807, 2.05) is 6.07 Å². The molecule has 0 aromatic heterocycles. The smallest absolute Gasteiger partial charge is 0.0253 e. The molecule has 1 aliphatic carbocycles. The van der Waals surface area contributed by atoms with E-state index in [0.29, 0.717) is 5.41 Å². The monoisotopic (exact) mass is 668 g/mol. The molecule has 5 aromatic rings. The molecule has 0 saturated heterocycles. The Morgan fingerprint density at radius 3 is 1.83 bits per heavy atom. The summed E-state index contributed by atoms with van der Waals surface area (Å²) >= 11 is 1.46. The number of rotatable bonds is 3. The van der Waals surface area contributed by atoms with Gasteiger partial charge in [-0.15, -0.1) is 5.56 Å². The molecule has 0 bridgehead atoms. The summed E-state index contributed by atoms with van der Waals surface area (Å²) in [5, 5.41) is 0. The van der Waals surface area contributed by atoms with Crippen LogP contribution in [0.25, 0.3) is 11.1 Å². The fraction of sp³-hybridized carbons (Fsp3) is 0.231. The third kappa shape index (κ3) is 9.54. The van der Waals surface area contributed by atoms with Gasteiger partial charge in [0.25, 0.3) is 0 Å². The quantitative estimate of drug-likeness (QED) is 0.252. The molecule has 0 heterocycles. The van der Waals surface area contributed by atoms with Crippen molar-refractivity contribution < 1.29 is 49.0 Å². The van der Waals surface area contributed by atoms with Crippen LogP contribution in [0.2, 0.25) is 0 Å². The Morgan fingerprint density at radius 2 is 1.33 bits per heavy atom. The van der Waals surface area contributed by atoms with Gasteiger partial charge in [-0.2, -0.15) is 53.1 Å². The maximum Gasteiger partial charge on any atom is -0.0253 e. The summed E-state index contributed by atoms with van der Waals surface area (Å²) in [6, 6.07) is 42.4. The van der Waals surface area contributed by atoms with Gasteiger partial charge in [-0.05, 0) is 6.42 Å². The van der Waals surface area contributed by atoms with Crippen LogP contribution in [-0.2, 0) is 42.5 Å². The summed E-state index contributed by atoms with van der Waals surface area (Å²) in [7, 11) is 0. The molecule has 0 N–H and O–H groups in total. The van der Waals surface area contributed by atoms with E-state index >= 15 is 0 Å². The Kier molecular flexibility index (Phi) is 14.0. The molecule has 0 unspecified atom stereocenters. The van der Waals surface area contributed by atoms with E-state index in [1.54, 1.807) is 0 Å². The fourth-order valence-corrected chi connectivity index (χ4v) is 5.60. The van der Waals surface area contributed by atoms with Gasteiger partial charge in [0.15, 0.2) is 0 Å². The van der Waals surface area contributed by atoms with Crippen LogP contribution in [0, 0.1) is 19.9 Å². The first kappa shape index (κ1) is 35.8. The largest absolute Gasteiger partial charge is 1.00 e. The van der Waals surface area contributed by atoms with E-state index < -0.39 is 0 Å². The molecule has 1 aliphatic rings. The molecule has 0 fully saturated rings. The number of fused-ring (bicyclic) bond motifs is 3. The average Bonchev–Trinajstić information content (AvgIpc) is 3.60. The normalized spacial score (nSPS) is 10.9. The van der Waals surface area contributed by atoms with E-state index in [9.17, 15) is 0 Å². The minimum absolute atomic E-state index is 0. The molecule has 3 heteroatoms. The van der Waals surface area contributed by atoms with E-state index in [0.717, 1.165) is 12.8 Å². The minimum atomic E-state index is 0. The zero-order valence-corrected chi connectivity index (χ0v) is 29.5. The first-order chi connectivity index (χ1) is 19.2. The Morgan fingerprint density at radius 1 is 0.786 bits per heavy atom. The van der Waals surface area contributed by atoms with Crippen molar-refractivity contribution in [2.45, 2.75) is 59.8 Å². The summed E-state index contributed by atoms with van der Waals surface area (Å²) in [6.07, 6.45) is 2.20. The van der Waals surface area contributed by atoms with Crippen LogP contribution in [0.4, 0.5) is 0 Å². The van der Waals surface area contributed by atoms with Gasteiger partial charge >= 0.3 is 112 Å².